The molecular formula is C28H30N3O4+. The maximum atomic E-state index is 12.5. The number of carboxylic acids is 1. The standard InChI is InChI=1S/C28H29N3O4/c1-6-13-29-27(32)17-7-10-20(23(14-17)28(33)34)26-21-11-8-18(30(2)3)15-24(21)35-25-16-19(31(4)5)9-12-22(25)26/h7-12,14-16H,6,13H2,1-5H3,(H-,29,32,33,34)/p+1. The normalized spacial score (nSPS) is 11.0. The molecule has 7 heteroatoms. The third-order valence-corrected chi connectivity index (χ3v) is 6.04. The predicted molar refractivity (Wildman–Crippen MR) is 139 cm³/mol. The molecule has 1 aliphatic carbocycles. The van der Waals surface area contributed by atoms with E-state index in [1.165, 1.54) is 6.07 Å². The van der Waals surface area contributed by atoms with Gasteiger partial charge in [0.05, 0.1) is 11.6 Å². The molecule has 0 spiro atoms. The van der Waals surface area contributed by atoms with E-state index < -0.39 is 5.97 Å². The van der Waals surface area contributed by atoms with Crippen LogP contribution in [0.5, 0.6) is 0 Å². The summed E-state index contributed by atoms with van der Waals surface area (Å²) in [7, 11) is 7.83. The minimum atomic E-state index is -1.10. The Labute approximate surface area is 204 Å². The van der Waals surface area contributed by atoms with Crippen molar-refractivity contribution in [1.29, 1.82) is 0 Å². The summed E-state index contributed by atoms with van der Waals surface area (Å²) in [6.45, 7) is 2.49. The predicted octanol–water partition coefficient (Wildman–Crippen LogP) is 4.14. The van der Waals surface area contributed by atoms with Gasteiger partial charge in [-0.25, -0.2) is 9.37 Å². The number of amides is 1. The van der Waals surface area contributed by atoms with Crippen LogP contribution in [0.15, 0.2) is 59.0 Å². The first-order valence-electron chi connectivity index (χ1n) is 11.6. The highest BCUT2D eigenvalue weighted by atomic mass is 16.4. The molecule has 0 saturated carbocycles. The molecule has 1 amide bonds. The van der Waals surface area contributed by atoms with Gasteiger partial charge in [-0.2, -0.15) is 0 Å². The molecule has 1 aliphatic heterocycles. The average molecular weight is 473 g/mol. The molecule has 0 bridgehead atoms. The van der Waals surface area contributed by atoms with Crippen LogP contribution in [0.3, 0.4) is 0 Å². The van der Waals surface area contributed by atoms with Crippen LogP contribution in [-0.2, 0) is 0 Å². The zero-order chi connectivity index (χ0) is 25.3. The molecule has 0 saturated heterocycles. The van der Waals surface area contributed by atoms with Gasteiger partial charge < -0.3 is 19.7 Å². The largest absolute Gasteiger partial charge is 0.478 e. The average Bonchev–Trinajstić information content (AvgIpc) is 2.84. The van der Waals surface area contributed by atoms with Gasteiger partial charge in [0.2, 0.25) is 5.36 Å². The van der Waals surface area contributed by atoms with E-state index in [-0.39, 0.29) is 11.5 Å². The van der Waals surface area contributed by atoms with Gasteiger partial charge in [0, 0.05) is 60.5 Å². The van der Waals surface area contributed by atoms with Crippen molar-refractivity contribution < 1.29 is 19.1 Å². The van der Waals surface area contributed by atoms with Crippen molar-refractivity contribution in [2.24, 2.45) is 0 Å². The first-order chi connectivity index (χ1) is 16.7. The maximum absolute atomic E-state index is 12.5. The third-order valence-electron chi connectivity index (χ3n) is 6.04. The molecule has 2 N–H and O–H groups in total. The lowest BCUT2D eigenvalue weighted by Gasteiger charge is -2.19. The zero-order valence-electron chi connectivity index (χ0n) is 20.7. The van der Waals surface area contributed by atoms with Gasteiger partial charge in [-0.1, -0.05) is 13.0 Å². The molecule has 2 aromatic rings. The number of carboxylic acid groups (broad SMARTS) is 1. The summed E-state index contributed by atoms with van der Waals surface area (Å²) < 4.78 is 8.32. The number of hydrogen-bond donors (Lipinski definition) is 2. The van der Waals surface area contributed by atoms with Crippen LogP contribution in [0, 0.1) is 0 Å². The number of hydrogen-bond acceptors (Lipinski definition) is 4. The van der Waals surface area contributed by atoms with Crippen LogP contribution in [0.4, 0.5) is 5.69 Å². The highest BCUT2D eigenvalue weighted by Crippen LogP contribution is 2.42. The Morgan fingerprint density at radius 1 is 1.00 bits per heavy atom. The highest BCUT2D eigenvalue weighted by molar-refractivity contribution is 6.09. The Morgan fingerprint density at radius 3 is 2.40 bits per heavy atom. The van der Waals surface area contributed by atoms with Gasteiger partial charge >= 0.3 is 5.97 Å². The van der Waals surface area contributed by atoms with Gasteiger partial charge in [0.15, 0.2) is 0 Å². The second-order valence-electron chi connectivity index (χ2n) is 8.95. The molecule has 0 unspecified atom stereocenters. The van der Waals surface area contributed by atoms with Crippen LogP contribution in [-0.4, -0.2) is 51.7 Å². The summed E-state index contributed by atoms with van der Waals surface area (Å²) in [6, 6.07) is 16.6. The van der Waals surface area contributed by atoms with Crippen molar-refractivity contribution in [3.05, 3.63) is 71.1 Å². The van der Waals surface area contributed by atoms with Crippen molar-refractivity contribution >= 4 is 28.5 Å². The van der Waals surface area contributed by atoms with E-state index in [2.05, 4.69) is 5.32 Å². The Balaban J connectivity index is 2.06. The third kappa shape index (κ3) is 4.62. The summed E-state index contributed by atoms with van der Waals surface area (Å²) in [5.74, 6) is -0.734. The smallest absolute Gasteiger partial charge is 0.336 e. The Hall–Kier alpha value is -4.13. The molecule has 7 nitrogen and oxygen atoms in total. The number of nitrogens with one attached hydrogen (secondary N) is 1. The molecule has 0 aromatic heterocycles. The molecular weight excluding hydrogens is 442 g/mol. The summed E-state index contributed by atoms with van der Waals surface area (Å²) in [5, 5.41) is 14.7. The van der Waals surface area contributed by atoms with Crippen LogP contribution in [0.25, 0.3) is 33.4 Å². The summed E-state index contributed by atoms with van der Waals surface area (Å²) in [6.07, 6.45) is 0.797. The molecule has 0 atom stereocenters. The zero-order valence-corrected chi connectivity index (χ0v) is 20.7. The monoisotopic (exact) mass is 472 g/mol. The summed E-state index contributed by atoms with van der Waals surface area (Å²) in [5.41, 5.74) is 4.09. The number of fused-ring (bicyclic) bond motifs is 2. The van der Waals surface area contributed by atoms with E-state index in [0.717, 1.165) is 34.0 Å². The Bertz CT molecular complexity index is 1480. The minimum absolute atomic E-state index is 0.0660. The first-order valence-corrected chi connectivity index (χ1v) is 11.6. The van der Waals surface area contributed by atoms with Gasteiger partial charge in [0.1, 0.15) is 25.4 Å². The van der Waals surface area contributed by atoms with Crippen LogP contribution < -0.4 is 20.1 Å². The van der Waals surface area contributed by atoms with Crippen LogP contribution in [0.2, 0.25) is 0 Å². The summed E-state index contributed by atoms with van der Waals surface area (Å²) >= 11 is 0. The van der Waals surface area contributed by atoms with E-state index in [1.54, 1.807) is 12.1 Å². The lowest BCUT2D eigenvalue weighted by atomic mass is 9.89. The van der Waals surface area contributed by atoms with Gasteiger partial charge in [-0.05, 0) is 42.3 Å². The van der Waals surface area contributed by atoms with Crippen molar-refractivity contribution in [2.75, 3.05) is 39.6 Å². The quantitative estimate of drug-likeness (QED) is 0.325. The molecule has 0 radical (unpaired) electrons. The van der Waals surface area contributed by atoms with Crippen molar-refractivity contribution in [2.45, 2.75) is 13.3 Å². The summed E-state index contributed by atoms with van der Waals surface area (Å²) in [4.78, 5) is 26.9. The fourth-order valence-electron chi connectivity index (χ4n) is 4.14. The number of nitrogens with zero attached hydrogens (tertiary/aromatic N) is 2. The van der Waals surface area contributed by atoms with Gasteiger partial charge in [-0.15, -0.1) is 0 Å². The molecule has 4 rings (SSSR count). The number of carbonyl (C=O) groups is 2. The van der Waals surface area contributed by atoms with Crippen molar-refractivity contribution in [3.63, 3.8) is 0 Å². The Morgan fingerprint density at radius 2 is 1.74 bits per heavy atom. The second kappa shape index (κ2) is 9.62. The van der Waals surface area contributed by atoms with E-state index in [4.69, 9.17) is 4.42 Å². The number of benzene rings is 3. The van der Waals surface area contributed by atoms with E-state index in [9.17, 15) is 14.7 Å². The molecule has 0 fully saturated rings. The fraction of sp³-hybridized carbons (Fsp3) is 0.250. The highest BCUT2D eigenvalue weighted by Gasteiger charge is 2.23. The number of anilines is 1. The number of carbonyl (C=O) groups excluding carboxylic acids is 1. The SMILES string of the molecule is CCCNC(=O)c1ccc(-c2c3ccc(=[N+](C)C)cc-3oc3cc(N(C)C)ccc23)c(C(=O)O)c1. The van der Waals surface area contributed by atoms with E-state index in [0.29, 0.717) is 29.0 Å². The number of rotatable bonds is 6. The van der Waals surface area contributed by atoms with E-state index >= 15 is 0 Å². The first kappa shape index (κ1) is 24.0. The topological polar surface area (TPSA) is 85.8 Å². The Kier molecular flexibility index (Phi) is 6.60. The van der Waals surface area contributed by atoms with Crippen LogP contribution >= 0.6 is 0 Å². The molecule has 2 aromatic carbocycles. The molecule has 2 aliphatic rings. The van der Waals surface area contributed by atoms with E-state index in [1.807, 2.05) is 81.0 Å². The van der Waals surface area contributed by atoms with Crippen molar-refractivity contribution in [1.82, 2.24) is 9.89 Å². The maximum Gasteiger partial charge on any atom is 0.336 e. The fourth-order valence-corrected chi connectivity index (χ4v) is 4.14. The lowest BCUT2D eigenvalue weighted by molar-refractivity contribution is 0.0697. The lowest BCUT2D eigenvalue weighted by Crippen LogP contribution is -2.24. The van der Waals surface area contributed by atoms with Crippen LogP contribution in [0.1, 0.15) is 34.1 Å². The van der Waals surface area contributed by atoms with Crippen molar-refractivity contribution in [3.8, 4) is 22.5 Å². The number of aromatic carboxylic acids is 1. The molecule has 180 valence electrons. The second-order valence-corrected chi connectivity index (χ2v) is 8.95. The van der Waals surface area contributed by atoms with Gasteiger partial charge in [0.25, 0.3) is 5.91 Å². The minimum Gasteiger partial charge on any atom is -0.478 e. The molecule has 35 heavy (non-hydrogen) atoms. The van der Waals surface area contributed by atoms with Gasteiger partial charge in [-0.3, -0.25) is 4.79 Å². The molecule has 1 heterocycles.